The Balaban J connectivity index is -0.000000109. The maximum atomic E-state index is 3.25. The van der Waals surface area contributed by atoms with Gasteiger partial charge in [-0.1, -0.05) is 13.8 Å². The van der Waals surface area contributed by atoms with E-state index in [9.17, 15) is 0 Å². The van der Waals surface area contributed by atoms with Crippen molar-refractivity contribution in [2.75, 3.05) is 0 Å². The van der Waals surface area contributed by atoms with Crippen LogP contribution >= 0.6 is 0 Å². The molecule has 0 fully saturated rings. The van der Waals surface area contributed by atoms with Crippen molar-refractivity contribution >= 4 is 0 Å². The largest absolute Gasteiger partial charge is 2.00 e. The van der Waals surface area contributed by atoms with Crippen molar-refractivity contribution in [1.29, 1.82) is 0 Å². The Labute approximate surface area is 73.2 Å². The second-order valence-corrected chi connectivity index (χ2v) is 1.66. The average Bonchev–Trinajstić information content (AvgIpc) is 1.91. The average molecular weight is 180 g/mol. The predicted octanol–water partition coefficient (Wildman–Crippen LogP) is 3.24. The van der Waals surface area contributed by atoms with Gasteiger partial charge < -0.3 is 12.8 Å². The minimum Gasteiger partial charge on any atom is -0.346 e. The molecular formula is C8H18Zn. The minimum atomic E-state index is 0. The van der Waals surface area contributed by atoms with Crippen molar-refractivity contribution in [3.63, 3.8) is 0 Å². The fourth-order valence-corrected chi connectivity index (χ4v) is 0.250. The van der Waals surface area contributed by atoms with Gasteiger partial charge in [-0.25, -0.2) is 0 Å². The van der Waals surface area contributed by atoms with Crippen LogP contribution in [0.1, 0.15) is 40.5 Å². The van der Waals surface area contributed by atoms with Crippen LogP contribution < -0.4 is 0 Å². The molecule has 0 aromatic carbocycles. The third-order valence-corrected chi connectivity index (χ3v) is 1.21. The van der Waals surface area contributed by atoms with E-state index in [1.807, 2.05) is 0 Å². The molecule has 0 nitrogen and oxygen atoms in total. The van der Waals surface area contributed by atoms with Gasteiger partial charge >= 0.3 is 19.5 Å². The van der Waals surface area contributed by atoms with Gasteiger partial charge in [0.15, 0.2) is 0 Å². The summed E-state index contributed by atoms with van der Waals surface area (Å²) < 4.78 is 0. The number of hydrogen-bond acceptors (Lipinski definition) is 0. The molecule has 0 aliphatic heterocycles. The molecule has 0 heterocycles. The normalized spacial score (nSPS) is 7.33. The second kappa shape index (κ2) is 15.8. The fourth-order valence-electron chi connectivity index (χ4n) is 0.250. The van der Waals surface area contributed by atoms with Crippen LogP contribution in [0.4, 0.5) is 0 Å². The van der Waals surface area contributed by atoms with Crippen molar-refractivity contribution in [2.24, 2.45) is 0 Å². The van der Waals surface area contributed by atoms with E-state index < -0.39 is 0 Å². The molecular weight excluding hydrogens is 161 g/mol. The molecule has 0 aromatic heterocycles. The third-order valence-electron chi connectivity index (χ3n) is 1.21. The molecule has 0 bridgehead atoms. The van der Waals surface area contributed by atoms with E-state index in [-0.39, 0.29) is 19.5 Å². The van der Waals surface area contributed by atoms with Gasteiger partial charge in [0.2, 0.25) is 0 Å². The van der Waals surface area contributed by atoms with E-state index in [2.05, 4.69) is 27.7 Å². The first-order valence-corrected chi connectivity index (χ1v) is 3.33. The molecule has 0 aliphatic carbocycles. The summed E-state index contributed by atoms with van der Waals surface area (Å²) in [5, 5.41) is 0. The minimum absolute atomic E-state index is 0. The van der Waals surface area contributed by atoms with Crippen LogP contribution in [0, 0.1) is 12.8 Å². The van der Waals surface area contributed by atoms with Gasteiger partial charge in [0.05, 0.1) is 0 Å². The number of hydrogen-bond donors (Lipinski definition) is 0. The van der Waals surface area contributed by atoms with Gasteiger partial charge in [0.25, 0.3) is 0 Å². The molecule has 0 unspecified atom stereocenters. The van der Waals surface area contributed by atoms with E-state index in [4.69, 9.17) is 0 Å². The van der Waals surface area contributed by atoms with Crippen molar-refractivity contribution < 1.29 is 19.5 Å². The summed E-state index contributed by atoms with van der Waals surface area (Å²) in [6.45, 7) is 11.6. The van der Waals surface area contributed by atoms with E-state index in [0.29, 0.717) is 0 Å². The zero-order valence-electron chi connectivity index (χ0n) is 7.33. The van der Waals surface area contributed by atoms with Crippen molar-refractivity contribution in [2.45, 2.75) is 40.5 Å². The molecule has 0 aliphatic rings. The van der Waals surface area contributed by atoms with Gasteiger partial charge in [-0.3, -0.25) is 0 Å². The maximum Gasteiger partial charge on any atom is 2.00 e. The molecule has 0 N–H and O–H groups in total. The Morgan fingerprint density at radius 2 is 1.33 bits per heavy atom. The smallest absolute Gasteiger partial charge is 0.346 e. The monoisotopic (exact) mass is 178 g/mol. The standard InChI is InChI=1S/C6H13.C2H5.Zn/c1-4-6(3)5-2;1-2;/h4-5H2,1-3H3;1H2,2H3;/q2*-1;+2. The first-order chi connectivity index (χ1) is 3.81. The van der Waals surface area contributed by atoms with E-state index in [1.165, 1.54) is 12.8 Å². The van der Waals surface area contributed by atoms with E-state index in [1.54, 1.807) is 12.8 Å². The Bertz CT molecular complexity index is 23.7. The van der Waals surface area contributed by atoms with Gasteiger partial charge in [-0.05, 0) is 0 Å². The van der Waals surface area contributed by atoms with Crippen LogP contribution in [0.3, 0.4) is 0 Å². The Morgan fingerprint density at radius 1 is 1.11 bits per heavy atom. The topological polar surface area (TPSA) is 0 Å². The molecule has 9 heavy (non-hydrogen) atoms. The van der Waals surface area contributed by atoms with Crippen LogP contribution in [0.2, 0.25) is 0 Å². The summed E-state index contributed by atoms with van der Waals surface area (Å²) in [7, 11) is 0. The van der Waals surface area contributed by atoms with Crippen molar-refractivity contribution in [3.8, 4) is 0 Å². The molecule has 0 atom stereocenters. The quantitative estimate of drug-likeness (QED) is 0.451. The molecule has 52 valence electrons. The molecule has 0 rings (SSSR count). The summed E-state index contributed by atoms with van der Waals surface area (Å²) in [5.74, 6) is 1.59. The van der Waals surface area contributed by atoms with Crippen LogP contribution in [0.25, 0.3) is 0 Å². The molecule has 0 aromatic rings. The van der Waals surface area contributed by atoms with Gasteiger partial charge in [-0.2, -0.15) is 26.7 Å². The van der Waals surface area contributed by atoms with E-state index in [0.717, 1.165) is 0 Å². The van der Waals surface area contributed by atoms with Crippen molar-refractivity contribution in [1.82, 2.24) is 0 Å². The summed E-state index contributed by atoms with van der Waals surface area (Å²) >= 11 is 0. The molecule has 0 amide bonds. The first-order valence-electron chi connectivity index (χ1n) is 3.33. The fraction of sp³-hybridized carbons (Fsp3) is 0.750. The van der Waals surface area contributed by atoms with Crippen LogP contribution in [-0.2, 0) is 19.5 Å². The van der Waals surface area contributed by atoms with Gasteiger partial charge in [0.1, 0.15) is 0 Å². The SMILES string of the molecule is CC[C-](C)CC.[CH2-]C.[Zn+2]. The maximum absolute atomic E-state index is 3.25. The van der Waals surface area contributed by atoms with Gasteiger partial charge in [0, 0.05) is 0 Å². The van der Waals surface area contributed by atoms with Crippen LogP contribution in [0.15, 0.2) is 0 Å². The van der Waals surface area contributed by atoms with Crippen molar-refractivity contribution in [3.05, 3.63) is 12.8 Å². The summed E-state index contributed by atoms with van der Waals surface area (Å²) in [4.78, 5) is 0. The van der Waals surface area contributed by atoms with Gasteiger partial charge in [-0.15, -0.1) is 0 Å². The first kappa shape index (κ1) is 16.3. The summed E-state index contributed by atoms with van der Waals surface area (Å²) in [6.07, 6.45) is 2.49. The molecule has 0 saturated heterocycles. The summed E-state index contributed by atoms with van der Waals surface area (Å²) in [5.41, 5.74) is 0. The molecule has 0 saturated carbocycles. The summed E-state index contributed by atoms with van der Waals surface area (Å²) in [6, 6.07) is 0. The van der Waals surface area contributed by atoms with Crippen LogP contribution in [0.5, 0.6) is 0 Å². The third kappa shape index (κ3) is 17.7. The molecule has 0 radical (unpaired) electrons. The molecule has 1 heteroatoms. The zero-order chi connectivity index (χ0) is 6.99. The van der Waals surface area contributed by atoms with E-state index >= 15 is 0 Å². The van der Waals surface area contributed by atoms with Crippen LogP contribution in [-0.4, -0.2) is 0 Å². The Kier molecular flexibility index (Phi) is 28.7. The predicted molar refractivity (Wildman–Crippen MR) is 40.5 cm³/mol. The number of rotatable bonds is 2. The Morgan fingerprint density at radius 3 is 1.33 bits per heavy atom. The molecule has 0 spiro atoms. The Hall–Kier alpha value is 0.623. The second-order valence-electron chi connectivity index (χ2n) is 1.66. The zero-order valence-corrected chi connectivity index (χ0v) is 10.3.